The van der Waals surface area contributed by atoms with Gasteiger partial charge < -0.3 is 0 Å². The zero-order valence-electron chi connectivity index (χ0n) is 10.0. The van der Waals surface area contributed by atoms with Gasteiger partial charge in [-0.15, -0.1) is 0 Å². The Balaban J connectivity index is 2.51. The summed E-state index contributed by atoms with van der Waals surface area (Å²) >= 11 is 5.72. The summed E-state index contributed by atoms with van der Waals surface area (Å²) in [6.07, 6.45) is 0. The number of nitrogens with zero attached hydrogens (tertiary/aromatic N) is 1. The minimum Gasteiger partial charge on any atom is -0.269 e. The van der Waals surface area contributed by atoms with Gasteiger partial charge in [-0.05, 0) is 30.3 Å². The van der Waals surface area contributed by atoms with Crippen LogP contribution in [0.15, 0.2) is 53.4 Å². The smallest absolute Gasteiger partial charge is 0.267 e. The lowest BCUT2D eigenvalue weighted by molar-refractivity contribution is 0.566. The molecule has 3 nitrogen and oxygen atoms in total. The van der Waals surface area contributed by atoms with E-state index < -0.39 is 20.7 Å². The molecule has 2 rings (SSSR count). The highest BCUT2D eigenvalue weighted by Gasteiger charge is 2.25. The van der Waals surface area contributed by atoms with E-state index in [1.165, 1.54) is 13.1 Å². The summed E-state index contributed by atoms with van der Waals surface area (Å²) < 4.78 is 39.4. The van der Waals surface area contributed by atoms with E-state index in [1.807, 2.05) is 0 Å². The summed E-state index contributed by atoms with van der Waals surface area (Å²) in [7, 11) is -2.61. The van der Waals surface area contributed by atoms with Crippen molar-refractivity contribution < 1.29 is 12.8 Å². The molecule has 0 radical (unpaired) electrons. The van der Waals surface area contributed by atoms with Gasteiger partial charge in [-0.3, -0.25) is 4.31 Å². The fraction of sp³-hybridized carbons (Fsp3) is 0.0769. The van der Waals surface area contributed by atoms with Crippen LogP contribution in [0.1, 0.15) is 0 Å². The van der Waals surface area contributed by atoms with Crippen LogP contribution in [0, 0.1) is 5.82 Å². The van der Waals surface area contributed by atoms with Crippen molar-refractivity contribution >= 4 is 27.3 Å². The van der Waals surface area contributed by atoms with E-state index in [2.05, 4.69) is 0 Å². The number of rotatable bonds is 3. The lowest BCUT2D eigenvalue weighted by Crippen LogP contribution is -2.27. The molecule has 0 spiro atoms. The maximum atomic E-state index is 13.7. The Bertz CT molecular complexity index is 689. The molecule has 2 aromatic rings. The van der Waals surface area contributed by atoms with Crippen LogP contribution in [-0.2, 0) is 10.0 Å². The summed E-state index contributed by atoms with van der Waals surface area (Å²) in [5, 5.41) is 0.168. The van der Waals surface area contributed by atoms with E-state index in [9.17, 15) is 12.8 Å². The molecule has 0 heterocycles. The van der Waals surface area contributed by atoms with Crippen LogP contribution in [0.3, 0.4) is 0 Å². The Morgan fingerprint density at radius 2 is 1.74 bits per heavy atom. The third-order valence-electron chi connectivity index (χ3n) is 2.65. The Morgan fingerprint density at radius 3 is 2.37 bits per heavy atom. The normalized spacial score (nSPS) is 11.3. The Labute approximate surface area is 116 Å². The minimum atomic E-state index is -3.97. The predicted octanol–water partition coefficient (Wildman–Crippen LogP) is 3.30. The van der Waals surface area contributed by atoms with Crippen LogP contribution in [0.5, 0.6) is 0 Å². The van der Waals surface area contributed by atoms with Crippen molar-refractivity contribution in [2.75, 3.05) is 11.4 Å². The van der Waals surface area contributed by atoms with Crippen LogP contribution < -0.4 is 4.31 Å². The highest BCUT2D eigenvalue weighted by molar-refractivity contribution is 7.92. The first-order chi connectivity index (χ1) is 8.93. The molecule has 2 aromatic carbocycles. The Hall–Kier alpha value is -1.59. The lowest BCUT2D eigenvalue weighted by Gasteiger charge is -2.19. The van der Waals surface area contributed by atoms with Crippen molar-refractivity contribution in [3.05, 3.63) is 59.4 Å². The molecule has 0 fully saturated rings. The van der Waals surface area contributed by atoms with Gasteiger partial charge in [0.15, 0.2) is 0 Å². The quantitative estimate of drug-likeness (QED) is 0.872. The molecule has 0 aromatic heterocycles. The van der Waals surface area contributed by atoms with Crippen molar-refractivity contribution in [3.63, 3.8) is 0 Å². The van der Waals surface area contributed by atoms with Crippen LogP contribution in [0.25, 0.3) is 0 Å². The van der Waals surface area contributed by atoms with Gasteiger partial charge in [-0.2, -0.15) is 0 Å². The Kier molecular flexibility index (Phi) is 3.78. The predicted molar refractivity (Wildman–Crippen MR) is 73.4 cm³/mol. The minimum absolute atomic E-state index is 0.168. The molecule has 0 bridgehead atoms. The summed E-state index contributed by atoms with van der Waals surface area (Å²) in [5.41, 5.74) is 0.446. The van der Waals surface area contributed by atoms with Gasteiger partial charge in [0.1, 0.15) is 10.7 Å². The molecule has 19 heavy (non-hydrogen) atoms. The molecular formula is C13H11ClFNO2S. The third kappa shape index (κ3) is 2.72. The maximum Gasteiger partial charge on any atom is 0.267 e. The summed E-state index contributed by atoms with van der Waals surface area (Å²) in [4.78, 5) is -0.439. The van der Waals surface area contributed by atoms with Gasteiger partial charge in [0.25, 0.3) is 10.0 Å². The molecule has 100 valence electrons. The van der Waals surface area contributed by atoms with Gasteiger partial charge in [-0.1, -0.05) is 29.8 Å². The fourth-order valence-corrected chi connectivity index (χ4v) is 3.12. The number of sulfonamides is 1. The van der Waals surface area contributed by atoms with E-state index in [-0.39, 0.29) is 5.02 Å². The van der Waals surface area contributed by atoms with Crippen LogP contribution in [-0.4, -0.2) is 15.5 Å². The highest BCUT2D eigenvalue weighted by atomic mass is 35.5. The summed E-state index contributed by atoms with van der Waals surface area (Å²) in [6, 6.07) is 11.9. The summed E-state index contributed by atoms with van der Waals surface area (Å²) in [6.45, 7) is 0. The molecule has 6 heteroatoms. The first-order valence-electron chi connectivity index (χ1n) is 5.42. The third-order valence-corrected chi connectivity index (χ3v) is 4.69. The fourth-order valence-electron chi connectivity index (χ4n) is 1.60. The van der Waals surface area contributed by atoms with Crippen LogP contribution in [0.2, 0.25) is 5.02 Å². The molecule has 0 saturated carbocycles. The number of hydrogen-bond donors (Lipinski definition) is 0. The van der Waals surface area contributed by atoms with E-state index in [4.69, 9.17) is 11.6 Å². The second-order valence-corrected chi connectivity index (χ2v) is 6.26. The number of benzene rings is 2. The lowest BCUT2D eigenvalue weighted by atomic mass is 10.3. The molecule has 0 aliphatic heterocycles. The zero-order valence-corrected chi connectivity index (χ0v) is 11.6. The second kappa shape index (κ2) is 5.19. The summed E-state index contributed by atoms with van der Waals surface area (Å²) in [5.74, 6) is -0.827. The zero-order chi connectivity index (χ0) is 14.0. The molecule has 0 amide bonds. The molecule has 0 atom stereocenters. The van der Waals surface area contributed by atoms with Gasteiger partial charge in [-0.25, -0.2) is 12.8 Å². The van der Waals surface area contributed by atoms with E-state index >= 15 is 0 Å². The first kappa shape index (κ1) is 13.8. The van der Waals surface area contributed by atoms with Crippen molar-refractivity contribution in [2.45, 2.75) is 4.90 Å². The number of hydrogen-bond acceptors (Lipinski definition) is 2. The highest BCUT2D eigenvalue weighted by Crippen LogP contribution is 2.25. The molecule has 0 aliphatic rings. The van der Waals surface area contributed by atoms with Gasteiger partial charge in [0.2, 0.25) is 0 Å². The van der Waals surface area contributed by atoms with E-state index in [0.717, 1.165) is 16.4 Å². The first-order valence-corrected chi connectivity index (χ1v) is 7.24. The SMILES string of the molecule is CN(c1ccccc1)S(=O)(=O)c1cc(Cl)ccc1F. The van der Waals surface area contributed by atoms with Crippen molar-refractivity contribution in [3.8, 4) is 0 Å². The molecule has 0 unspecified atom stereocenters. The monoisotopic (exact) mass is 299 g/mol. The van der Waals surface area contributed by atoms with Gasteiger partial charge in [0, 0.05) is 12.1 Å². The van der Waals surface area contributed by atoms with E-state index in [0.29, 0.717) is 5.69 Å². The molecular weight excluding hydrogens is 289 g/mol. The van der Waals surface area contributed by atoms with Crippen molar-refractivity contribution in [1.82, 2.24) is 0 Å². The van der Waals surface area contributed by atoms with Crippen molar-refractivity contribution in [2.24, 2.45) is 0 Å². The topological polar surface area (TPSA) is 37.4 Å². The Morgan fingerprint density at radius 1 is 1.11 bits per heavy atom. The van der Waals surface area contributed by atoms with E-state index in [1.54, 1.807) is 30.3 Å². The molecule has 0 N–H and O–H groups in total. The average molecular weight is 300 g/mol. The number of anilines is 1. The number of halogens is 2. The number of para-hydroxylation sites is 1. The standard InChI is InChI=1S/C13H11ClFNO2S/c1-16(11-5-3-2-4-6-11)19(17,18)13-9-10(14)7-8-12(13)15/h2-9H,1H3. The molecule has 0 aliphatic carbocycles. The van der Waals surface area contributed by atoms with Gasteiger partial charge >= 0.3 is 0 Å². The molecule has 0 saturated heterocycles. The van der Waals surface area contributed by atoms with Crippen LogP contribution in [0.4, 0.5) is 10.1 Å². The second-order valence-electron chi connectivity index (χ2n) is 3.88. The van der Waals surface area contributed by atoms with Crippen molar-refractivity contribution in [1.29, 1.82) is 0 Å². The van der Waals surface area contributed by atoms with Gasteiger partial charge in [0.05, 0.1) is 5.69 Å². The largest absolute Gasteiger partial charge is 0.269 e. The van der Waals surface area contributed by atoms with Crippen LogP contribution >= 0.6 is 11.6 Å². The maximum absolute atomic E-state index is 13.7. The average Bonchev–Trinajstić information content (AvgIpc) is 2.41.